The molecule has 1 aromatic rings. The van der Waals surface area contributed by atoms with Crippen LogP contribution in [0.5, 0.6) is 6.01 Å². The summed E-state index contributed by atoms with van der Waals surface area (Å²) in [6.45, 7) is 8.62. The minimum Gasteiger partial charge on any atom is -0.461 e. The van der Waals surface area contributed by atoms with Gasteiger partial charge in [-0.2, -0.15) is 15.0 Å². The number of aromatic nitrogens is 3. The van der Waals surface area contributed by atoms with Crippen molar-refractivity contribution in [1.29, 1.82) is 0 Å². The second-order valence-corrected chi connectivity index (χ2v) is 5.62. The Labute approximate surface area is 125 Å². The highest BCUT2D eigenvalue weighted by Crippen LogP contribution is 2.23. The van der Waals surface area contributed by atoms with Gasteiger partial charge < -0.3 is 20.1 Å². The Morgan fingerprint density at radius 1 is 1.38 bits per heavy atom. The second kappa shape index (κ2) is 7.40. The van der Waals surface area contributed by atoms with Gasteiger partial charge in [0.15, 0.2) is 0 Å². The molecule has 0 saturated carbocycles. The lowest BCUT2D eigenvalue weighted by Gasteiger charge is -2.18. The Morgan fingerprint density at radius 2 is 2.19 bits per heavy atom. The van der Waals surface area contributed by atoms with Gasteiger partial charge in [-0.3, -0.25) is 0 Å². The van der Waals surface area contributed by atoms with E-state index in [0.717, 1.165) is 32.5 Å². The topological polar surface area (TPSA) is 83.4 Å². The summed E-state index contributed by atoms with van der Waals surface area (Å²) in [6, 6.07) is 0.348. The molecule has 118 valence electrons. The predicted octanol–water partition coefficient (Wildman–Crippen LogP) is 1.30. The van der Waals surface area contributed by atoms with Gasteiger partial charge in [0.1, 0.15) is 0 Å². The van der Waals surface area contributed by atoms with E-state index in [4.69, 9.17) is 4.74 Å². The average Bonchev–Trinajstić information content (AvgIpc) is 2.93. The number of aliphatic hydroxyl groups is 1. The third kappa shape index (κ3) is 4.42. The number of anilines is 2. The number of hydrogen-bond donors (Lipinski definition) is 2. The molecule has 1 aliphatic rings. The Hall–Kier alpha value is -1.63. The molecule has 0 bridgehead atoms. The number of rotatable bonds is 7. The quantitative estimate of drug-likeness (QED) is 0.784. The molecule has 21 heavy (non-hydrogen) atoms. The highest BCUT2D eigenvalue weighted by Gasteiger charge is 2.25. The Morgan fingerprint density at radius 3 is 2.81 bits per heavy atom. The van der Waals surface area contributed by atoms with Gasteiger partial charge in [-0.1, -0.05) is 6.92 Å². The van der Waals surface area contributed by atoms with Crippen molar-refractivity contribution < 1.29 is 9.84 Å². The van der Waals surface area contributed by atoms with Crippen molar-refractivity contribution in [3.05, 3.63) is 0 Å². The molecule has 0 aliphatic carbocycles. The number of nitrogens with one attached hydrogen (secondary N) is 1. The highest BCUT2D eigenvalue weighted by atomic mass is 16.5. The van der Waals surface area contributed by atoms with Gasteiger partial charge in [-0.15, -0.1) is 0 Å². The van der Waals surface area contributed by atoms with E-state index in [2.05, 4.69) is 32.1 Å². The van der Waals surface area contributed by atoms with Crippen molar-refractivity contribution in [3.63, 3.8) is 0 Å². The van der Waals surface area contributed by atoms with E-state index in [1.165, 1.54) is 0 Å². The standard InChI is InChI=1S/C14H25N5O2/c1-4-6-15-12-16-13(18-14(17-12)21-10(2)3)19-7-5-11(8-19)9-20/h10-11,20H,4-9H2,1-3H3,(H,15,16,17,18). The first-order valence-corrected chi connectivity index (χ1v) is 7.64. The first-order chi connectivity index (χ1) is 10.1. The molecule has 1 fully saturated rings. The molecule has 0 radical (unpaired) electrons. The summed E-state index contributed by atoms with van der Waals surface area (Å²) in [7, 11) is 0. The van der Waals surface area contributed by atoms with E-state index in [9.17, 15) is 5.11 Å². The molecule has 0 aromatic carbocycles. The van der Waals surface area contributed by atoms with Crippen LogP contribution in [0.2, 0.25) is 0 Å². The molecular weight excluding hydrogens is 270 g/mol. The van der Waals surface area contributed by atoms with Gasteiger partial charge in [-0.25, -0.2) is 0 Å². The lowest BCUT2D eigenvalue weighted by molar-refractivity contribution is 0.222. The molecule has 0 spiro atoms. The van der Waals surface area contributed by atoms with Crippen LogP contribution in [0, 0.1) is 5.92 Å². The summed E-state index contributed by atoms with van der Waals surface area (Å²) in [5.41, 5.74) is 0. The third-order valence-corrected chi connectivity index (χ3v) is 3.30. The lowest BCUT2D eigenvalue weighted by atomic mass is 10.1. The first kappa shape index (κ1) is 15.8. The number of hydrogen-bond acceptors (Lipinski definition) is 7. The summed E-state index contributed by atoms with van der Waals surface area (Å²) in [4.78, 5) is 15.2. The predicted molar refractivity (Wildman–Crippen MR) is 81.8 cm³/mol. The van der Waals surface area contributed by atoms with E-state index in [1.54, 1.807) is 0 Å². The summed E-state index contributed by atoms with van der Waals surface area (Å²) >= 11 is 0. The van der Waals surface area contributed by atoms with Gasteiger partial charge >= 0.3 is 6.01 Å². The monoisotopic (exact) mass is 295 g/mol. The smallest absolute Gasteiger partial charge is 0.323 e. The molecule has 2 heterocycles. The molecule has 1 aromatic heterocycles. The maximum Gasteiger partial charge on any atom is 0.323 e. The molecule has 0 amide bonds. The maximum atomic E-state index is 9.26. The fourth-order valence-electron chi connectivity index (χ4n) is 2.23. The van der Waals surface area contributed by atoms with Crippen LogP contribution in [-0.2, 0) is 0 Å². The van der Waals surface area contributed by atoms with Crippen LogP contribution in [0.25, 0.3) is 0 Å². The normalized spacial score (nSPS) is 18.3. The number of aliphatic hydroxyl groups excluding tert-OH is 1. The first-order valence-electron chi connectivity index (χ1n) is 7.64. The van der Waals surface area contributed by atoms with Gasteiger partial charge in [0.2, 0.25) is 11.9 Å². The van der Waals surface area contributed by atoms with Crippen molar-refractivity contribution in [2.24, 2.45) is 5.92 Å². The lowest BCUT2D eigenvalue weighted by Crippen LogP contribution is -2.24. The molecule has 7 nitrogen and oxygen atoms in total. The molecule has 1 atom stereocenters. The summed E-state index contributed by atoms with van der Waals surface area (Å²) < 4.78 is 5.61. The molecule has 1 saturated heterocycles. The summed E-state index contributed by atoms with van der Waals surface area (Å²) in [5.74, 6) is 1.46. The van der Waals surface area contributed by atoms with E-state index in [-0.39, 0.29) is 12.7 Å². The Bertz CT molecular complexity index is 455. The van der Waals surface area contributed by atoms with Gasteiger partial charge in [-0.05, 0) is 26.7 Å². The SMILES string of the molecule is CCCNc1nc(OC(C)C)nc(N2CCC(CO)C2)n1. The summed E-state index contributed by atoms with van der Waals surface area (Å²) in [5, 5.41) is 12.4. The van der Waals surface area contributed by atoms with Crippen molar-refractivity contribution in [1.82, 2.24) is 15.0 Å². The summed E-state index contributed by atoms with van der Waals surface area (Å²) in [6.07, 6.45) is 1.97. The van der Waals surface area contributed by atoms with Crippen LogP contribution in [0.3, 0.4) is 0 Å². The van der Waals surface area contributed by atoms with E-state index in [0.29, 0.717) is 23.8 Å². The van der Waals surface area contributed by atoms with Gasteiger partial charge in [0.05, 0.1) is 6.10 Å². The zero-order valence-electron chi connectivity index (χ0n) is 13.0. The zero-order chi connectivity index (χ0) is 15.2. The largest absolute Gasteiger partial charge is 0.461 e. The van der Waals surface area contributed by atoms with Gasteiger partial charge in [0.25, 0.3) is 0 Å². The fraction of sp³-hybridized carbons (Fsp3) is 0.786. The van der Waals surface area contributed by atoms with Crippen LogP contribution in [0.1, 0.15) is 33.6 Å². The highest BCUT2D eigenvalue weighted by molar-refractivity contribution is 5.39. The van der Waals surface area contributed by atoms with Crippen LogP contribution < -0.4 is 15.0 Å². The van der Waals surface area contributed by atoms with E-state index in [1.807, 2.05) is 13.8 Å². The van der Waals surface area contributed by atoms with Crippen LogP contribution >= 0.6 is 0 Å². The van der Waals surface area contributed by atoms with Crippen molar-refractivity contribution >= 4 is 11.9 Å². The average molecular weight is 295 g/mol. The fourth-order valence-corrected chi connectivity index (χ4v) is 2.23. The number of ether oxygens (including phenoxy) is 1. The second-order valence-electron chi connectivity index (χ2n) is 5.62. The minimum atomic E-state index is 0.0167. The maximum absolute atomic E-state index is 9.26. The van der Waals surface area contributed by atoms with Crippen LogP contribution in [-0.4, -0.2) is 52.4 Å². The molecular formula is C14H25N5O2. The van der Waals surface area contributed by atoms with Crippen molar-refractivity contribution in [3.8, 4) is 6.01 Å². The third-order valence-electron chi connectivity index (χ3n) is 3.30. The van der Waals surface area contributed by atoms with E-state index >= 15 is 0 Å². The Balaban J connectivity index is 2.18. The Kier molecular flexibility index (Phi) is 5.55. The van der Waals surface area contributed by atoms with E-state index < -0.39 is 0 Å². The molecule has 1 aliphatic heterocycles. The minimum absolute atomic E-state index is 0.0167. The van der Waals surface area contributed by atoms with Crippen molar-refractivity contribution in [2.75, 3.05) is 36.5 Å². The van der Waals surface area contributed by atoms with Crippen LogP contribution in [0.4, 0.5) is 11.9 Å². The molecule has 7 heteroatoms. The number of nitrogens with zero attached hydrogens (tertiary/aromatic N) is 4. The zero-order valence-corrected chi connectivity index (χ0v) is 13.0. The van der Waals surface area contributed by atoms with Gasteiger partial charge in [0, 0.05) is 32.2 Å². The molecule has 2 N–H and O–H groups in total. The van der Waals surface area contributed by atoms with Crippen molar-refractivity contribution in [2.45, 2.75) is 39.7 Å². The molecule has 2 rings (SSSR count). The van der Waals surface area contributed by atoms with Crippen LogP contribution in [0.15, 0.2) is 0 Å². The molecule has 1 unspecified atom stereocenters.